The Labute approximate surface area is 187 Å². The molecule has 0 aliphatic rings. The van der Waals surface area contributed by atoms with Crippen LogP contribution < -0.4 is 4.74 Å². The Bertz CT molecular complexity index is 986. The Morgan fingerprint density at radius 3 is 1.97 bits per heavy atom. The lowest BCUT2D eigenvalue weighted by Crippen LogP contribution is -2.25. The molecule has 0 amide bonds. The van der Waals surface area contributed by atoms with Crippen molar-refractivity contribution in [1.29, 1.82) is 5.26 Å². The zero-order chi connectivity index (χ0) is 22.3. The van der Waals surface area contributed by atoms with Crippen molar-refractivity contribution in [2.45, 2.75) is 46.0 Å². The Kier molecular flexibility index (Phi) is 7.53. The third kappa shape index (κ3) is 5.36. The maximum atomic E-state index is 9.44. The highest BCUT2D eigenvalue weighted by atomic mass is 16.5. The first-order chi connectivity index (χ1) is 15.0. The van der Waals surface area contributed by atoms with Crippen LogP contribution in [-0.4, -0.2) is 6.61 Å². The number of rotatable bonds is 9. The number of hydrogen-bond donors (Lipinski definition) is 0. The second kappa shape index (κ2) is 10.3. The van der Waals surface area contributed by atoms with Gasteiger partial charge in [-0.05, 0) is 55.0 Å². The van der Waals surface area contributed by atoms with Gasteiger partial charge in [-0.15, -0.1) is 0 Å². The van der Waals surface area contributed by atoms with Gasteiger partial charge in [-0.1, -0.05) is 92.6 Å². The minimum atomic E-state index is -0.265. The van der Waals surface area contributed by atoms with Crippen molar-refractivity contribution in [3.05, 3.63) is 101 Å². The lowest BCUT2D eigenvalue weighted by molar-refractivity contribution is 0.255. The molecule has 3 atom stereocenters. The molecule has 31 heavy (non-hydrogen) atoms. The van der Waals surface area contributed by atoms with Gasteiger partial charge in [0.05, 0.1) is 12.0 Å². The number of ether oxygens (including phenoxy) is 1. The van der Waals surface area contributed by atoms with Crippen LogP contribution in [0.2, 0.25) is 0 Å². The van der Waals surface area contributed by atoms with E-state index in [0.717, 1.165) is 18.6 Å². The largest absolute Gasteiger partial charge is 0.492 e. The molecule has 3 rings (SSSR count). The number of benzene rings is 3. The van der Waals surface area contributed by atoms with Gasteiger partial charge in [0.15, 0.2) is 0 Å². The molecule has 0 radical (unpaired) electrons. The minimum absolute atomic E-state index is 0.0724. The van der Waals surface area contributed by atoms with E-state index in [4.69, 9.17) is 4.74 Å². The topological polar surface area (TPSA) is 33.0 Å². The van der Waals surface area contributed by atoms with E-state index in [1.165, 1.54) is 22.3 Å². The Morgan fingerprint density at radius 1 is 0.871 bits per heavy atom. The fourth-order valence-electron chi connectivity index (χ4n) is 4.05. The number of aryl methyl sites for hydroxylation is 1. The summed E-state index contributed by atoms with van der Waals surface area (Å²) in [6.07, 6.45) is 1.97. The zero-order valence-electron chi connectivity index (χ0n) is 19.1. The van der Waals surface area contributed by atoms with Crippen LogP contribution in [0, 0.1) is 30.1 Å². The van der Waals surface area contributed by atoms with E-state index in [1.54, 1.807) is 0 Å². The van der Waals surface area contributed by atoms with E-state index in [2.05, 4.69) is 100 Å². The van der Waals surface area contributed by atoms with Crippen LogP contribution in [0.25, 0.3) is 0 Å². The summed E-state index contributed by atoms with van der Waals surface area (Å²) < 4.78 is 5.98. The highest BCUT2D eigenvalue weighted by molar-refractivity contribution is 5.50. The molecule has 0 N–H and O–H groups in total. The first-order valence-corrected chi connectivity index (χ1v) is 11.2. The molecule has 0 aliphatic heterocycles. The number of nitriles is 1. The quantitative estimate of drug-likeness (QED) is 0.346. The molecule has 2 nitrogen and oxygen atoms in total. The van der Waals surface area contributed by atoms with E-state index < -0.39 is 0 Å². The minimum Gasteiger partial charge on any atom is -0.492 e. The smallest absolute Gasteiger partial charge is 0.119 e. The van der Waals surface area contributed by atoms with Crippen LogP contribution in [0.1, 0.15) is 55.9 Å². The highest BCUT2D eigenvalue weighted by Gasteiger charge is 2.31. The molecule has 3 aromatic rings. The molecule has 0 aromatic heterocycles. The molecule has 0 bridgehead atoms. The first kappa shape index (κ1) is 22.6. The van der Waals surface area contributed by atoms with Crippen molar-refractivity contribution >= 4 is 0 Å². The maximum absolute atomic E-state index is 9.44. The van der Waals surface area contributed by atoms with Crippen LogP contribution >= 0.6 is 0 Å². The molecule has 0 spiro atoms. The summed E-state index contributed by atoms with van der Waals surface area (Å²) in [5, 5.41) is 9.44. The van der Waals surface area contributed by atoms with E-state index in [0.29, 0.717) is 12.5 Å². The van der Waals surface area contributed by atoms with E-state index in [1.807, 2.05) is 12.1 Å². The Morgan fingerprint density at radius 2 is 1.42 bits per heavy atom. The summed E-state index contributed by atoms with van der Waals surface area (Å²) >= 11 is 0. The van der Waals surface area contributed by atoms with Crippen LogP contribution in [0.15, 0.2) is 78.9 Å². The van der Waals surface area contributed by atoms with Crippen LogP contribution in [0.5, 0.6) is 5.75 Å². The summed E-state index contributed by atoms with van der Waals surface area (Å²) in [6, 6.07) is 30.2. The molecule has 0 saturated heterocycles. The normalized spacial score (nSPS) is 14.8. The SMILES string of the molecule is CCC(C)CC(C#N)COc1ccc(C(C)(c2ccccc2)c2ccc(C)cc2)cc1. The molecule has 3 aromatic carbocycles. The van der Waals surface area contributed by atoms with Gasteiger partial charge in [0.25, 0.3) is 0 Å². The highest BCUT2D eigenvalue weighted by Crippen LogP contribution is 2.39. The van der Waals surface area contributed by atoms with Crippen molar-refractivity contribution in [2.75, 3.05) is 6.61 Å². The molecule has 2 heteroatoms. The van der Waals surface area contributed by atoms with E-state index in [9.17, 15) is 5.26 Å². The lowest BCUT2D eigenvalue weighted by Gasteiger charge is -2.32. The second-order valence-electron chi connectivity index (χ2n) is 8.77. The van der Waals surface area contributed by atoms with Gasteiger partial charge >= 0.3 is 0 Å². The zero-order valence-corrected chi connectivity index (χ0v) is 19.1. The summed E-state index contributed by atoms with van der Waals surface area (Å²) in [5.41, 5.74) is 4.72. The molecule has 0 saturated carbocycles. The molecular formula is C29H33NO. The van der Waals surface area contributed by atoms with Gasteiger partial charge in [-0.3, -0.25) is 0 Å². The van der Waals surface area contributed by atoms with Crippen LogP contribution in [-0.2, 0) is 5.41 Å². The van der Waals surface area contributed by atoms with E-state index in [-0.39, 0.29) is 11.3 Å². The molecule has 3 unspecified atom stereocenters. The fourth-order valence-corrected chi connectivity index (χ4v) is 4.05. The summed E-state index contributed by atoms with van der Waals surface area (Å²) in [7, 11) is 0. The molecule has 160 valence electrons. The van der Waals surface area contributed by atoms with Gasteiger partial charge in [0.1, 0.15) is 12.4 Å². The lowest BCUT2D eigenvalue weighted by atomic mass is 9.71. The Balaban J connectivity index is 1.85. The summed E-state index contributed by atoms with van der Waals surface area (Å²) in [6.45, 7) is 9.19. The van der Waals surface area contributed by atoms with E-state index >= 15 is 0 Å². The molecule has 0 heterocycles. The first-order valence-electron chi connectivity index (χ1n) is 11.2. The standard InChI is InChI=1S/C29H33NO/c1-5-22(2)19-24(20-30)21-31-28-17-15-27(16-18-28)29(4,25-9-7-6-8-10-25)26-13-11-23(3)12-14-26/h6-18,22,24H,5,19,21H2,1-4H3. The van der Waals surface area contributed by atoms with Gasteiger partial charge in [-0.2, -0.15) is 5.26 Å². The van der Waals surface area contributed by atoms with Crippen molar-refractivity contribution < 1.29 is 4.74 Å². The molecule has 0 aliphatic carbocycles. The second-order valence-corrected chi connectivity index (χ2v) is 8.77. The maximum Gasteiger partial charge on any atom is 0.119 e. The molecular weight excluding hydrogens is 378 g/mol. The average Bonchev–Trinajstić information content (AvgIpc) is 2.82. The number of hydrogen-bond acceptors (Lipinski definition) is 2. The summed E-state index contributed by atoms with van der Waals surface area (Å²) in [4.78, 5) is 0. The van der Waals surface area contributed by atoms with Gasteiger partial charge in [-0.25, -0.2) is 0 Å². The van der Waals surface area contributed by atoms with Gasteiger partial charge < -0.3 is 4.74 Å². The number of nitrogens with zero attached hydrogens (tertiary/aromatic N) is 1. The predicted octanol–water partition coefficient (Wildman–Crippen LogP) is 7.30. The third-order valence-electron chi connectivity index (χ3n) is 6.43. The average molecular weight is 412 g/mol. The van der Waals surface area contributed by atoms with Crippen LogP contribution in [0.4, 0.5) is 0 Å². The monoisotopic (exact) mass is 411 g/mol. The molecule has 0 fully saturated rings. The predicted molar refractivity (Wildman–Crippen MR) is 128 cm³/mol. The van der Waals surface area contributed by atoms with Crippen molar-refractivity contribution in [3.8, 4) is 11.8 Å². The van der Waals surface area contributed by atoms with Gasteiger partial charge in [0, 0.05) is 5.41 Å². The third-order valence-corrected chi connectivity index (χ3v) is 6.43. The van der Waals surface area contributed by atoms with Crippen LogP contribution in [0.3, 0.4) is 0 Å². The Hall–Kier alpha value is -3.05. The fraction of sp³-hybridized carbons (Fsp3) is 0.345. The van der Waals surface area contributed by atoms with Crippen molar-refractivity contribution in [2.24, 2.45) is 11.8 Å². The summed E-state index contributed by atoms with van der Waals surface area (Å²) in [5.74, 6) is 1.28. The van der Waals surface area contributed by atoms with Gasteiger partial charge in [0.2, 0.25) is 0 Å². The van der Waals surface area contributed by atoms with Crippen molar-refractivity contribution in [1.82, 2.24) is 0 Å². The van der Waals surface area contributed by atoms with Crippen molar-refractivity contribution in [3.63, 3.8) is 0 Å².